The molecule has 0 heterocycles. The number of nitrogens with one attached hydrogen (secondary N) is 1. The smallest absolute Gasteiger partial charge is 0.317 e. The molecule has 1 rings (SSSR count). The third-order valence-electron chi connectivity index (χ3n) is 5.85. The number of rotatable bonds is 18. The van der Waals surface area contributed by atoms with Gasteiger partial charge in [0, 0.05) is 26.2 Å². The normalized spacial score (nSPS) is 17.3. The molecule has 15 heteroatoms. The Balaban J connectivity index is 0.00000107. The van der Waals surface area contributed by atoms with Crippen LogP contribution in [0.2, 0.25) is 0 Å². The molecule has 0 atom stereocenters. The van der Waals surface area contributed by atoms with Crippen molar-refractivity contribution in [2.24, 2.45) is 17.6 Å². The highest BCUT2D eigenvalue weighted by Gasteiger charge is 2.19. The van der Waals surface area contributed by atoms with Crippen molar-refractivity contribution in [3.8, 4) is 0 Å². The Bertz CT molecular complexity index is 647. The van der Waals surface area contributed by atoms with Crippen LogP contribution in [0.5, 0.6) is 0 Å². The van der Waals surface area contributed by atoms with E-state index in [-0.39, 0.29) is 26.2 Å². The fourth-order valence-electron chi connectivity index (χ4n) is 3.89. The zero-order chi connectivity index (χ0) is 28.4. The van der Waals surface area contributed by atoms with Crippen molar-refractivity contribution in [1.29, 1.82) is 0 Å². The summed E-state index contributed by atoms with van der Waals surface area (Å²) < 4.78 is 0. The van der Waals surface area contributed by atoms with E-state index in [1.165, 1.54) is 30.6 Å². The standard InChI is InChI=1S/C14H23N3O10.C8H17N2/c18-10(19)5-15(1-3-16(6-11(20)21)7-12(22)23)2-4-17(8-13(24)25)9-14(26)27;9-5-7-1-2-8(6-10)4-3-7/h1-9H2,(H,18,19)(H,20,21)(H,22,23)(H,24,25)(H,26,27);7-9H,1-6,10H2/q;-1. The van der Waals surface area contributed by atoms with Crippen molar-refractivity contribution in [2.75, 3.05) is 72.0 Å². The predicted molar refractivity (Wildman–Crippen MR) is 131 cm³/mol. The highest BCUT2D eigenvalue weighted by molar-refractivity contribution is 5.73. The van der Waals surface area contributed by atoms with E-state index in [1.807, 2.05) is 0 Å². The Hall–Kier alpha value is -2.85. The molecule has 1 aliphatic rings. The number of carboxylic acids is 5. The lowest BCUT2D eigenvalue weighted by Gasteiger charge is -2.28. The SMILES string of the molecule is O=C(O)CN(CCN(CC(=O)O)CC(=O)O)CCN(CC(=O)O)CC(=O)O.[NH-]CC1CCC(CN)CC1. The number of nitrogens with two attached hydrogens (primary N) is 1. The molecule has 15 nitrogen and oxygen atoms in total. The summed E-state index contributed by atoms with van der Waals surface area (Å²) in [5, 5.41) is 44.1. The summed E-state index contributed by atoms with van der Waals surface area (Å²) in [5.74, 6) is -4.71. The first kappa shape index (κ1) is 34.1. The Labute approximate surface area is 215 Å². The van der Waals surface area contributed by atoms with Crippen LogP contribution in [0.4, 0.5) is 0 Å². The number of carboxylic acid groups (broad SMARTS) is 5. The van der Waals surface area contributed by atoms with Gasteiger partial charge in [-0.25, -0.2) is 0 Å². The molecule has 0 radical (unpaired) electrons. The van der Waals surface area contributed by atoms with Gasteiger partial charge in [-0.05, 0) is 25.3 Å². The second-order valence-electron chi connectivity index (χ2n) is 8.99. The highest BCUT2D eigenvalue weighted by atomic mass is 16.4. The molecule has 1 aliphatic carbocycles. The lowest BCUT2D eigenvalue weighted by Crippen LogP contribution is -2.45. The van der Waals surface area contributed by atoms with Gasteiger partial charge in [0.1, 0.15) is 0 Å². The van der Waals surface area contributed by atoms with Crippen LogP contribution in [0.15, 0.2) is 0 Å². The number of carbonyl (C=O) groups is 5. The summed E-state index contributed by atoms with van der Waals surface area (Å²) in [7, 11) is 0. The largest absolute Gasteiger partial charge is 0.677 e. The average Bonchev–Trinajstić information content (AvgIpc) is 2.79. The van der Waals surface area contributed by atoms with E-state index in [0.717, 1.165) is 22.3 Å². The molecule has 37 heavy (non-hydrogen) atoms. The Morgan fingerprint density at radius 2 is 0.838 bits per heavy atom. The van der Waals surface area contributed by atoms with E-state index in [0.29, 0.717) is 12.5 Å². The summed E-state index contributed by atoms with van der Waals surface area (Å²) >= 11 is 0. The minimum absolute atomic E-state index is 0.000836. The molecule has 8 N–H and O–H groups in total. The van der Waals surface area contributed by atoms with E-state index in [2.05, 4.69) is 0 Å². The van der Waals surface area contributed by atoms with E-state index in [9.17, 15) is 24.0 Å². The quantitative estimate of drug-likeness (QED) is 0.125. The van der Waals surface area contributed by atoms with Crippen LogP contribution < -0.4 is 5.73 Å². The van der Waals surface area contributed by atoms with Gasteiger partial charge in [0.15, 0.2) is 0 Å². The minimum Gasteiger partial charge on any atom is -0.677 e. The van der Waals surface area contributed by atoms with Gasteiger partial charge in [0.2, 0.25) is 0 Å². The fraction of sp³-hybridized carbons (Fsp3) is 0.773. The summed E-state index contributed by atoms with van der Waals surface area (Å²) in [6, 6.07) is 0. The minimum atomic E-state index is -1.24. The molecular weight excluding hydrogens is 494 g/mol. The lowest BCUT2D eigenvalue weighted by molar-refractivity contribution is -0.143. The molecule has 1 fully saturated rings. The Morgan fingerprint density at radius 1 is 0.568 bits per heavy atom. The molecule has 0 aromatic heterocycles. The predicted octanol–water partition coefficient (Wildman–Crippen LogP) is -0.881. The molecule has 0 spiro atoms. The van der Waals surface area contributed by atoms with Crippen molar-refractivity contribution in [2.45, 2.75) is 25.7 Å². The van der Waals surface area contributed by atoms with Gasteiger partial charge in [0.25, 0.3) is 0 Å². The Morgan fingerprint density at radius 3 is 1.11 bits per heavy atom. The first-order chi connectivity index (χ1) is 17.4. The first-order valence-electron chi connectivity index (χ1n) is 12.0. The van der Waals surface area contributed by atoms with Gasteiger partial charge >= 0.3 is 29.8 Å². The second kappa shape index (κ2) is 19.3. The average molecular weight is 535 g/mol. The van der Waals surface area contributed by atoms with Crippen molar-refractivity contribution in [3.63, 3.8) is 0 Å². The summed E-state index contributed by atoms with van der Waals surface area (Å²) in [4.78, 5) is 57.6. The lowest BCUT2D eigenvalue weighted by atomic mass is 9.82. The van der Waals surface area contributed by atoms with Gasteiger partial charge in [-0.3, -0.25) is 38.7 Å². The summed E-state index contributed by atoms with van der Waals surface area (Å²) in [6.45, 7) is -1.26. The van der Waals surface area contributed by atoms with Crippen LogP contribution in [0.25, 0.3) is 5.73 Å². The molecule has 0 aromatic rings. The van der Waals surface area contributed by atoms with Crippen LogP contribution in [0.3, 0.4) is 0 Å². The molecule has 0 amide bonds. The number of hydrogen-bond donors (Lipinski definition) is 6. The zero-order valence-electron chi connectivity index (χ0n) is 21.0. The van der Waals surface area contributed by atoms with E-state index < -0.39 is 62.6 Å². The van der Waals surface area contributed by atoms with Crippen LogP contribution in [0.1, 0.15) is 25.7 Å². The molecular formula is C22H40N5O10-. The van der Waals surface area contributed by atoms with Crippen molar-refractivity contribution in [1.82, 2.24) is 14.7 Å². The van der Waals surface area contributed by atoms with Gasteiger partial charge in [-0.2, -0.15) is 0 Å². The van der Waals surface area contributed by atoms with Gasteiger partial charge in [0.05, 0.1) is 32.7 Å². The summed E-state index contributed by atoms with van der Waals surface area (Å²) in [6.07, 6.45) is 5.01. The topological polar surface area (TPSA) is 246 Å². The highest BCUT2D eigenvalue weighted by Crippen LogP contribution is 2.27. The van der Waals surface area contributed by atoms with Gasteiger partial charge in [-0.1, -0.05) is 18.8 Å². The van der Waals surface area contributed by atoms with E-state index in [4.69, 9.17) is 37.0 Å². The maximum atomic E-state index is 11.0. The third-order valence-corrected chi connectivity index (χ3v) is 5.85. The van der Waals surface area contributed by atoms with Crippen LogP contribution >= 0.6 is 0 Å². The van der Waals surface area contributed by atoms with Gasteiger partial charge in [-0.15, -0.1) is 6.54 Å². The van der Waals surface area contributed by atoms with Gasteiger partial charge < -0.3 is 37.0 Å². The second-order valence-corrected chi connectivity index (χ2v) is 8.99. The molecule has 0 saturated heterocycles. The van der Waals surface area contributed by atoms with Crippen molar-refractivity contribution in [3.05, 3.63) is 5.73 Å². The molecule has 0 aliphatic heterocycles. The summed E-state index contributed by atoms with van der Waals surface area (Å²) in [5.41, 5.74) is 12.7. The van der Waals surface area contributed by atoms with Crippen LogP contribution in [-0.4, -0.2) is 142 Å². The molecule has 214 valence electrons. The maximum Gasteiger partial charge on any atom is 0.317 e. The number of hydrogen-bond acceptors (Lipinski definition) is 9. The Kier molecular flexibility index (Phi) is 17.8. The molecule has 1 saturated carbocycles. The molecule has 0 bridgehead atoms. The number of nitrogens with zero attached hydrogens (tertiary/aromatic N) is 3. The monoisotopic (exact) mass is 534 g/mol. The fourth-order valence-corrected chi connectivity index (χ4v) is 3.89. The first-order valence-corrected chi connectivity index (χ1v) is 12.0. The number of aliphatic carboxylic acids is 5. The van der Waals surface area contributed by atoms with Crippen LogP contribution in [0, 0.1) is 11.8 Å². The maximum absolute atomic E-state index is 11.0. The van der Waals surface area contributed by atoms with E-state index in [1.54, 1.807) is 0 Å². The van der Waals surface area contributed by atoms with Crippen molar-refractivity contribution >= 4 is 29.8 Å². The molecule has 0 aromatic carbocycles. The third kappa shape index (κ3) is 19.0. The molecule has 0 unspecified atom stereocenters. The zero-order valence-corrected chi connectivity index (χ0v) is 21.0. The van der Waals surface area contributed by atoms with Crippen molar-refractivity contribution < 1.29 is 49.5 Å². The van der Waals surface area contributed by atoms with E-state index >= 15 is 0 Å². The van der Waals surface area contributed by atoms with Crippen LogP contribution in [-0.2, 0) is 24.0 Å².